The molecule has 6 heteroatoms. The van der Waals surface area contributed by atoms with Crippen molar-refractivity contribution in [3.8, 4) is 11.1 Å². The van der Waals surface area contributed by atoms with Gasteiger partial charge in [0.15, 0.2) is 0 Å². The first-order valence-corrected chi connectivity index (χ1v) is 10.4. The van der Waals surface area contributed by atoms with Crippen molar-refractivity contribution in [2.45, 2.75) is 72.8 Å². The molecular formula is C22H38N4O2. The molecule has 2 aromatic rings. The Morgan fingerprint density at radius 2 is 1.57 bits per heavy atom. The molecule has 1 aliphatic carbocycles. The quantitative estimate of drug-likeness (QED) is 0.367. The van der Waals surface area contributed by atoms with Gasteiger partial charge in [-0.2, -0.15) is 4.98 Å². The molecule has 0 amide bonds. The molecule has 158 valence electrons. The van der Waals surface area contributed by atoms with Gasteiger partial charge in [-0.15, -0.1) is 0 Å². The molecule has 1 aliphatic rings. The van der Waals surface area contributed by atoms with Gasteiger partial charge >= 0.3 is 0 Å². The summed E-state index contributed by atoms with van der Waals surface area (Å²) >= 11 is 0. The Hall–Kier alpha value is -2.18. The highest BCUT2D eigenvalue weighted by molar-refractivity contribution is 5.75. The fraction of sp³-hybridized carbons (Fsp3) is 0.545. The van der Waals surface area contributed by atoms with E-state index >= 15 is 0 Å². The second-order valence-corrected chi connectivity index (χ2v) is 6.13. The third-order valence-corrected chi connectivity index (χ3v) is 4.66. The van der Waals surface area contributed by atoms with Crippen LogP contribution < -0.4 is 11.1 Å². The monoisotopic (exact) mass is 390 g/mol. The molecule has 3 rings (SSSR count). The van der Waals surface area contributed by atoms with Crippen LogP contribution in [0.15, 0.2) is 36.5 Å². The smallest absolute Gasteiger partial charge is 0.221 e. The zero-order chi connectivity index (χ0) is 21.4. The number of aromatic nitrogens is 2. The van der Waals surface area contributed by atoms with Gasteiger partial charge in [0.1, 0.15) is 5.82 Å². The molecule has 0 saturated heterocycles. The van der Waals surface area contributed by atoms with E-state index in [1.807, 2.05) is 52.1 Å². The largest absolute Gasteiger partial charge is 0.368 e. The number of hydrogen-bond donors (Lipinski definition) is 4. The van der Waals surface area contributed by atoms with Crippen molar-refractivity contribution in [1.29, 1.82) is 0 Å². The number of rotatable bonds is 4. The van der Waals surface area contributed by atoms with Gasteiger partial charge in [0.25, 0.3) is 0 Å². The van der Waals surface area contributed by atoms with Crippen molar-refractivity contribution in [3.05, 3.63) is 36.5 Å². The fourth-order valence-corrected chi connectivity index (χ4v) is 3.24. The van der Waals surface area contributed by atoms with Crippen LogP contribution in [0.5, 0.6) is 0 Å². The summed E-state index contributed by atoms with van der Waals surface area (Å²) in [6, 6.07) is 10.7. The van der Waals surface area contributed by atoms with Crippen LogP contribution in [0.25, 0.3) is 11.1 Å². The lowest BCUT2D eigenvalue weighted by molar-refractivity contribution is -0.176. The van der Waals surface area contributed by atoms with E-state index in [0.29, 0.717) is 12.0 Å². The van der Waals surface area contributed by atoms with Gasteiger partial charge in [0.2, 0.25) is 5.95 Å². The van der Waals surface area contributed by atoms with E-state index in [1.54, 1.807) is 0 Å². The third kappa shape index (κ3) is 8.23. The van der Waals surface area contributed by atoms with E-state index in [1.165, 1.54) is 32.1 Å². The number of nitrogens with one attached hydrogen (secondary N) is 1. The van der Waals surface area contributed by atoms with E-state index in [0.717, 1.165) is 22.9 Å². The van der Waals surface area contributed by atoms with E-state index in [2.05, 4.69) is 34.3 Å². The van der Waals surface area contributed by atoms with Crippen LogP contribution in [0, 0.1) is 5.92 Å². The number of benzene rings is 1. The fourth-order valence-electron chi connectivity index (χ4n) is 3.24. The normalized spacial score (nSPS) is 17.5. The summed E-state index contributed by atoms with van der Waals surface area (Å²) < 4.78 is 0. The average molecular weight is 391 g/mol. The molecule has 1 saturated carbocycles. The first-order valence-electron chi connectivity index (χ1n) is 10.4. The molecule has 1 fully saturated rings. The van der Waals surface area contributed by atoms with Crippen LogP contribution in [-0.4, -0.2) is 26.5 Å². The lowest BCUT2D eigenvalue weighted by Crippen LogP contribution is -2.26. The molecule has 1 heterocycles. The molecule has 0 aliphatic heterocycles. The van der Waals surface area contributed by atoms with Gasteiger partial charge in [0.05, 0.1) is 0 Å². The Labute approximate surface area is 170 Å². The van der Waals surface area contributed by atoms with Gasteiger partial charge in [-0.3, -0.25) is 10.5 Å². The van der Waals surface area contributed by atoms with Crippen molar-refractivity contribution < 1.29 is 10.5 Å². The predicted octanol–water partition coefficient (Wildman–Crippen LogP) is 6.18. The summed E-state index contributed by atoms with van der Waals surface area (Å²) in [5, 5.41) is 15.6. The topological polar surface area (TPSA) is 104 Å². The number of hydrogen-bond acceptors (Lipinski definition) is 6. The minimum absolute atomic E-state index is 0.324. The Kier molecular flexibility index (Phi) is 14.6. The van der Waals surface area contributed by atoms with Crippen molar-refractivity contribution >= 4 is 11.8 Å². The lowest BCUT2D eigenvalue weighted by atomic mass is 9.84. The maximum Gasteiger partial charge on any atom is 0.221 e. The Balaban J connectivity index is 0.00000111. The Bertz CT molecular complexity index is 615. The number of nitrogens with two attached hydrogens (primary N) is 1. The highest BCUT2D eigenvalue weighted by atomic mass is 17.0. The van der Waals surface area contributed by atoms with Crippen molar-refractivity contribution in [2.24, 2.45) is 5.92 Å². The maximum absolute atomic E-state index is 6.00. The highest BCUT2D eigenvalue weighted by Crippen LogP contribution is 2.31. The molecule has 0 atom stereocenters. The molecule has 1 aromatic carbocycles. The summed E-state index contributed by atoms with van der Waals surface area (Å²) in [7, 11) is 0. The summed E-state index contributed by atoms with van der Waals surface area (Å²) in [4.78, 5) is 8.60. The molecule has 6 nitrogen and oxygen atoms in total. The maximum atomic E-state index is 6.00. The minimum Gasteiger partial charge on any atom is -0.368 e. The van der Waals surface area contributed by atoms with Crippen molar-refractivity contribution in [3.63, 3.8) is 0 Å². The second kappa shape index (κ2) is 15.8. The highest BCUT2D eigenvalue weighted by Gasteiger charge is 2.21. The molecular weight excluding hydrogens is 352 g/mol. The van der Waals surface area contributed by atoms with Crippen molar-refractivity contribution in [1.82, 2.24) is 9.97 Å². The van der Waals surface area contributed by atoms with Crippen LogP contribution in [0.3, 0.4) is 0 Å². The second-order valence-electron chi connectivity index (χ2n) is 6.13. The molecule has 0 radical (unpaired) electrons. The molecule has 28 heavy (non-hydrogen) atoms. The summed E-state index contributed by atoms with van der Waals surface area (Å²) in [6.07, 6.45) is 8.12. The van der Waals surface area contributed by atoms with Gasteiger partial charge in [-0.1, -0.05) is 71.4 Å². The van der Waals surface area contributed by atoms with E-state index in [4.69, 9.17) is 16.2 Å². The van der Waals surface area contributed by atoms with Gasteiger partial charge in [0, 0.05) is 17.8 Å². The van der Waals surface area contributed by atoms with Crippen LogP contribution in [-0.2, 0) is 0 Å². The van der Waals surface area contributed by atoms with Crippen LogP contribution >= 0.6 is 0 Å². The Morgan fingerprint density at radius 3 is 2.11 bits per heavy atom. The summed E-state index contributed by atoms with van der Waals surface area (Å²) in [5.41, 5.74) is 7.93. The zero-order valence-electron chi connectivity index (χ0n) is 18.0. The van der Waals surface area contributed by atoms with Gasteiger partial charge in [-0.05, 0) is 37.2 Å². The van der Waals surface area contributed by atoms with Gasteiger partial charge < -0.3 is 11.1 Å². The zero-order valence-corrected chi connectivity index (χ0v) is 18.0. The standard InChI is InChI=1S/C18H24N4.2C2H6.H2O2/c1-2-13-8-10-15(11-9-13)21-17-16(12-20-18(19)22-17)14-6-4-3-5-7-14;3*1-2/h3-7,12-13,15H,2,8-11H2,1H3,(H3,19,20,21,22);2*1-2H3;1-2H. The molecule has 5 N–H and O–H groups in total. The van der Waals surface area contributed by atoms with Crippen LogP contribution in [0.1, 0.15) is 66.7 Å². The van der Waals surface area contributed by atoms with Crippen molar-refractivity contribution in [2.75, 3.05) is 11.1 Å². The molecule has 0 bridgehead atoms. The lowest BCUT2D eigenvalue weighted by Gasteiger charge is -2.29. The summed E-state index contributed by atoms with van der Waals surface area (Å²) in [5.74, 6) is 2.07. The molecule has 0 unspecified atom stereocenters. The van der Waals surface area contributed by atoms with Crippen LogP contribution in [0.4, 0.5) is 11.8 Å². The Morgan fingerprint density at radius 1 is 1.00 bits per heavy atom. The van der Waals surface area contributed by atoms with E-state index in [9.17, 15) is 0 Å². The van der Waals surface area contributed by atoms with E-state index < -0.39 is 0 Å². The van der Waals surface area contributed by atoms with Gasteiger partial charge in [-0.25, -0.2) is 4.98 Å². The van der Waals surface area contributed by atoms with Crippen LogP contribution in [0.2, 0.25) is 0 Å². The average Bonchev–Trinajstić information content (AvgIpc) is 2.79. The molecule has 0 spiro atoms. The minimum atomic E-state index is 0.324. The molecule has 1 aromatic heterocycles. The SMILES string of the molecule is CC.CC.CCC1CCC(Nc2nc(N)ncc2-c2ccccc2)CC1.OO. The predicted molar refractivity (Wildman–Crippen MR) is 119 cm³/mol. The first-order chi connectivity index (χ1) is 13.8. The first kappa shape index (κ1) is 25.8. The third-order valence-electron chi connectivity index (χ3n) is 4.66. The number of nitrogen functional groups attached to an aromatic ring is 1. The number of nitrogens with zero attached hydrogens (tertiary/aromatic N) is 2. The number of anilines is 2. The summed E-state index contributed by atoms with van der Waals surface area (Å²) in [6.45, 7) is 10.3. The van der Waals surface area contributed by atoms with E-state index in [-0.39, 0.29) is 0 Å².